The van der Waals surface area contributed by atoms with E-state index < -0.39 is 18.0 Å². The lowest BCUT2D eigenvalue weighted by molar-refractivity contribution is -0.133. The van der Waals surface area contributed by atoms with Crippen molar-refractivity contribution in [3.63, 3.8) is 0 Å². The quantitative estimate of drug-likeness (QED) is 0.430. The van der Waals surface area contributed by atoms with Crippen LogP contribution in [-0.2, 0) is 20.7 Å². The summed E-state index contributed by atoms with van der Waals surface area (Å²) in [5.41, 5.74) is 0.874. The highest BCUT2D eigenvalue weighted by Gasteiger charge is 2.26. The van der Waals surface area contributed by atoms with Gasteiger partial charge in [0, 0.05) is 49.7 Å². The normalized spacial score (nSPS) is 14.6. The zero-order valence-electron chi connectivity index (χ0n) is 21.0. The zero-order valence-corrected chi connectivity index (χ0v) is 21.7. The first-order valence-corrected chi connectivity index (χ1v) is 12.6. The molecule has 0 unspecified atom stereocenters. The van der Waals surface area contributed by atoms with Crippen molar-refractivity contribution in [3.05, 3.63) is 71.1 Å². The lowest BCUT2D eigenvalue weighted by atomic mass is 10.1. The van der Waals surface area contributed by atoms with E-state index in [1.807, 2.05) is 23.1 Å². The summed E-state index contributed by atoms with van der Waals surface area (Å²) in [6, 6.07) is 12.7. The number of amides is 3. The molecule has 200 valence electrons. The molecule has 1 aliphatic rings. The number of halogens is 2. The molecule has 0 aliphatic carbocycles. The number of benzene rings is 2. The summed E-state index contributed by atoms with van der Waals surface area (Å²) in [6.07, 6.45) is 1.46. The van der Waals surface area contributed by atoms with E-state index in [0.717, 1.165) is 10.9 Å². The van der Waals surface area contributed by atoms with Crippen LogP contribution in [0, 0.1) is 5.82 Å². The van der Waals surface area contributed by atoms with Crippen molar-refractivity contribution < 1.29 is 23.5 Å². The van der Waals surface area contributed by atoms with Crippen LogP contribution in [-0.4, -0.2) is 78.6 Å². The van der Waals surface area contributed by atoms with Gasteiger partial charge in [0.25, 0.3) is 0 Å². The van der Waals surface area contributed by atoms with Crippen LogP contribution in [0.3, 0.4) is 0 Å². The molecular formula is C27H29ClFN5O4. The van der Waals surface area contributed by atoms with Crippen LogP contribution in [0.15, 0.2) is 54.7 Å². The predicted molar refractivity (Wildman–Crippen MR) is 142 cm³/mol. The molecule has 0 radical (unpaired) electrons. The van der Waals surface area contributed by atoms with Gasteiger partial charge >= 0.3 is 6.09 Å². The minimum Gasteiger partial charge on any atom is -0.447 e. The van der Waals surface area contributed by atoms with Gasteiger partial charge in [-0.05, 0) is 47.7 Å². The number of pyridine rings is 1. The molecule has 3 amide bonds. The first-order valence-electron chi connectivity index (χ1n) is 12.3. The van der Waals surface area contributed by atoms with Crippen LogP contribution in [0.25, 0.3) is 10.8 Å². The van der Waals surface area contributed by atoms with Gasteiger partial charge in [0.15, 0.2) is 0 Å². The first-order chi connectivity index (χ1) is 18.3. The largest absolute Gasteiger partial charge is 0.447 e. The fraction of sp³-hybridized carbons (Fsp3) is 0.333. The van der Waals surface area contributed by atoms with E-state index in [2.05, 4.69) is 15.6 Å². The number of carbonyl (C=O) groups is 3. The molecule has 11 heteroatoms. The number of ether oxygens (including phenoxy) is 1. The van der Waals surface area contributed by atoms with Crippen LogP contribution in [0.4, 0.5) is 15.0 Å². The number of fused-ring (bicyclic) bond motifs is 1. The highest BCUT2D eigenvalue weighted by atomic mass is 35.5. The van der Waals surface area contributed by atoms with Crippen LogP contribution in [0.2, 0.25) is 5.02 Å². The van der Waals surface area contributed by atoms with E-state index in [0.29, 0.717) is 36.5 Å². The maximum atomic E-state index is 13.6. The summed E-state index contributed by atoms with van der Waals surface area (Å²) in [7, 11) is 1.66. The van der Waals surface area contributed by atoms with E-state index in [-0.39, 0.29) is 37.2 Å². The Bertz CT molecular complexity index is 1320. The Morgan fingerprint density at radius 2 is 2.05 bits per heavy atom. The van der Waals surface area contributed by atoms with E-state index in [9.17, 15) is 18.8 Å². The van der Waals surface area contributed by atoms with Crippen molar-refractivity contribution >= 4 is 46.1 Å². The van der Waals surface area contributed by atoms with E-state index in [1.54, 1.807) is 30.1 Å². The van der Waals surface area contributed by atoms with Crippen molar-refractivity contribution in [3.8, 4) is 0 Å². The molecule has 3 aromatic rings. The summed E-state index contributed by atoms with van der Waals surface area (Å²) >= 11 is 6.23. The van der Waals surface area contributed by atoms with Gasteiger partial charge in [0.05, 0.1) is 12.6 Å². The Balaban J connectivity index is 1.39. The number of nitrogens with one attached hydrogen (secondary N) is 2. The molecule has 2 N–H and O–H groups in total. The third-order valence-electron chi connectivity index (χ3n) is 6.41. The molecule has 1 aliphatic heterocycles. The molecular weight excluding hydrogens is 513 g/mol. The average Bonchev–Trinajstić information content (AvgIpc) is 2.89. The minimum atomic E-state index is -0.758. The number of aromatic nitrogens is 1. The molecule has 1 atom stereocenters. The summed E-state index contributed by atoms with van der Waals surface area (Å²) < 4.78 is 19.0. The van der Waals surface area contributed by atoms with E-state index in [4.69, 9.17) is 16.3 Å². The summed E-state index contributed by atoms with van der Waals surface area (Å²) in [6.45, 7) is 1.57. The Hall–Kier alpha value is -3.76. The molecule has 38 heavy (non-hydrogen) atoms. The van der Waals surface area contributed by atoms with E-state index >= 15 is 0 Å². The zero-order chi connectivity index (χ0) is 27.1. The second kappa shape index (κ2) is 12.7. The predicted octanol–water partition coefficient (Wildman–Crippen LogP) is 3.47. The van der Waals surface area contributed by atoms with Gasteiger partial charge in [-0.1, -0.05) is 29.8 Å². The third-order valence-corrected chi connectivity index (χ3v) is 6.78. The SMILES string of the molecule is CN(C(=O)CCc1ccccc1Cl)[C@H](COC(=O)Nc1cc2cc(F)ccc2cn1)CN1CCNC(=O)C1. The van der Waals surface area contributed by atoms with Crippen LogP contribution in [0.1, 0.15) is 12.0 Å². The Morgan fingerprint density at radius 1 is 1.24 bits per heavy atom. The lowest BCUT2D eigenvalue weighted by Gasteiger charge is -2.34. The number of aryl methyl sites for hydroxylation is 1. The Kier molecular flexibility index (Phi) is 9.09. The molecule has 0 bridgehead atoms. The Morgan fingerprint density at radius 3 is 2.84 bits per heavy atom. The van der Waals surface area contributed by atoms with Gasteiger partial charge < -0.3 is 15.0 Å². The van der Waals surface area contributed by atoms with Crippen molar-refractivity contribution in [2.45, 2.75) is 18.9 Å². The topological polar surface area (TPSA) is 104 Å². The van der Waals surface area contributed by atoms with Crippen molar-refractivity contribution in [1.82, 2.24) is 20.1 Å². The second-order valence-corrected chi connectivity index (χ2v) is 9.53. The fourth-order valence-corrected chi connectivity index (χ4v) is 4.48. The molecule has 1 aromatic heterocycles. The maximum Gasteiger partial charge on any atom is 0.412 e. The first kappa shape index (κ1) is 27.3. The number of anilines is 1. The van der Waals surface area contributed by atoms with Crippen molar-refractivity contribution in [1.29, 1.82) is 0 Å². The second-order valence-electron chi connectivity index (χ2n) is 9.12. The van der Waals surface area contributed by atoms with Crippen molar-refractivity contribution in [2.24, 2.45) is 0 Å². The van der Waals surface area contributed by atoms with Gasteiger partial charge in [-0.25, -0.2) is 14.2 Å². The fourth-order valence-electron chi connectivity index (χ4n) is 4.25. The molecule has 2 aromatic carbocycles. The highest BCUT2D eigenvalue weighted by Crippen LogP contribution is 2.19. The minimum absolute atomic E-state index is 0.0967. The number of hydrogen-bond donors (Lipinski definition) is 2. The molecule has 9 nitrogen and oxygen atoms in total. The van der Waals surface area contributed by atoms with E-state index in [1.165, 1.54) is 18.3 Å². The van der Waals surface area contributed by atoms with Gasteiger partial charge in [-0.15, -0.1) is 0 Å². The summed E-state index contributed by atoms with van der Waals surface area (Å²) in [5, 5.41) is 7.24. The molecule has 1 saturated heterocycles. The molecule has 4 rings (SSSR count). The van der Waals surface area contributed by atoms with Gasteiger partial charge in [0.1, 0.15) is 18.2 Å². The molecule has 2 heterocycles. The standard InChI is InChI=1S/C27H29ClFN5O4/c1-33(26(36)9-7-18-4-2-3-5-23(18)28)22(15-34-11-10-30-25(35)16-34)17-38-27(37)32-24-13-20-12-21(29)8-6-19(20)14-31-24/h2-6,8,12-14,22H,7,9-11,15-17H2,1H3,(H,30,35)(H,31,32,37)/t22-/m0/s1. The van der Waals surface area contributed by atoms with Gasteiger partial charge in [-0.2, -0.15) is 0 Å². The van der Waals surface area contributed by atoms with Crippen LogP contribution >= 0.6 is 11.6 Å². The summed E-state index contributed by atoms with van der Waals surface area (Å²) in [4.78, 5) is 45.1. The maximum absolute atomic E-state index is 13.6. The monoisotopic (exact) mass is 541 g/mol. The number of hydrogen-bond acceptors (Lipinski definition) is 6. The number of carbonyl (C=O) groups excluding carboxylic acids is 3. The van der Waals surface area contributed by atoms with Gasteiger partial charge in [0.2, 0.25) is 11.8 Å². The lowest BCUT2D eigenvalue weighted by Crippen LogP contribution is -2.54. The average molecular weight is 542 g/mol. The molecule has 0 saturated carbocycles. The third kappa shape index (κ3) is 7.39. The van der Waals surface area contributed by atoms with Crippen molar-refractivity contribution in [2.75, 3.05) is 45.2 Å². The number of likely N-dealkylation sites (N-methyl/N-ethyl adjacent to an activating group) is 1. The summed E-state index contributed by atoms with van der Waals surface area (Å²) in [5.74, 6) is -0.422. The molecule has 0 spiro atoms. The smallest absolute Gasteiger partial charge is 0.412 e. The van der Waals surface area contributed by atoms with Crippen LogP contribution < -0.4 is 10.6 Å². The van der Waals surface area contributed by atoms with Gasteiger partial charge in [-0.3, -0.25) is 19.8 Å². The molecule has 1 fully saturated rings. The number of nitrogens with zero attached hydrogens (tertiary/aromatic N) is 3. The number of piperazine rings is 1. The highest BCUT2D eigenvalue weighted by molar-refractivity contribution is 6.31. The number of rotatable bonds is 9. The Labute approximate surface area is 224 Å². The van der Waals surface area contributed by atoms with Crippen LogP contribution in [0.5, 0.6) is 0 Å².